The molecule has 31 heavy (non-hydrogen) atoms. The van der Waals surface area contributed by atoms with Crippen LogP contribution in [0.4, 0.5) is 10.5 Å². The lowest BCUT2D eigenvalue weighted by atomic mass is 9.82. The number of carbonyl (C=O) groups excluding carboxylic acids is 2. The van der Waals surface area contributed by atoms with Crippen LogP contribution in [0.15, 0.2) is 24.3 Å². The predicted molar refractivity (Wildman–Crippen MR) is 123 cm³/mol. The van der Waals surface area contributed by atoms with E-state index in [2.05, 4.69) is 38.3 Å². The SMILES string of the molecule is CCCN(CCC)C(=O)c1ccc(NC(=O)NCCC[C@](C)(CC)C2OCCO2)cc1. The predicted octanol–water partition coefficient (Wildman–Crippen LogP) is 4.64. The fraction of sp³-hybridized carbons (Fsp3) is 0.667. The first kappa shape index (κ1) is 25.1. The molecule has 1 aromatic rings. The number of amides is 3. The molecule has 7 nitrogen and oxygen atoms in total. The summed E-state index contributed by atoms with van der Waals surface area (Å²) in [5.41, 5.74) is 1.27. The minimum absolute atomic E-state index is 0.0360. The zero-order valence-corrected chi connectivity index (χ0v) is 19.5. The van der Waals surface area contributed by atoms with Crippen molar-refractivity contribution in [3.05, 3.63) is 29.8 Å². The number of urea groups is 1. The monoisotopic (exact) mass is 433 g/mol. The van der Waals surface area contributed by atoms with Crippen molar-refractivity contribution in [1.82, 2.24) is 10.2 Å². The van der Waals surface area contributed by atoms with Crippen molar-refractivity contribution in [1.29, 1.82) is 0 Å². The van der Waals surface area contributed by atoms with E-state index >= 15 is 0 Å². The van der Waals surface area contributed by atoms with E-state index in [1.54, 1.807) is 24.3 Å². The summed E-state index contributed by atoms with van der Waals surface area (Å²) in [6.07, 6.45) is 4.44. The number of nitrogens with zero attached hydrogens (tertiary/aromatic N) is 1. The van der Waals surface area contributed by atoms with Gasteiger partial charge in [0.1, 0.15) is 0 Å². The first-order chi connectivity index (χ1) is 14.9. The van der Waals surface area contributed by atoms with Crippen LogP contribution in [0.1, 0.15) is 70.2 Å². The molecule has 7 heteroatoms. The van der Waals surface area contributed by atoms with Crippen molar-refractivity contribution >= 4 is 17.6 Å². The number of carbonyl (C=O) groups is 2. The Hall–Kier alpha value is -2.12. The van der Waals surface area contributed by atoms with Crippen molar-refractivity contribution in [3.8, 4) is 0 Å². The van der Waals surface area contributed by atoms with Crippen LogP contribution in [0.2, 0.25) is 0 Å². The first-order valence-corrected chi connectivity index (χ1v) is 11.6. The van der Waals surface area contributed by atoms with Crippen molar-refractivity contribution in [3.63, 3.8) is 0 Å². The lowest BCUT2D eigenvalue weighted by Gasteiger charge is -2.33. The lowest BCUT2D eigenvalue weighted by Crippen LogP contribution is -2.35. The fourth-order valence-electron chi connectivity index (χ4n) is 3.82. The Labute approximate surface area is 186 Å². The molecule has 0 aliphatic carbocycles. The highest BCUT2D eigenvalue weighted by Crippen LogP contribution is 2.35. The molecule has 2 rings (SSSR count). The molecule has 1 atom stereocenters. The first-order valence-electron chi connectivity index (χ1n) is 11.6. The summed E-state index contributed by atoms with van der Waals surface area (Å²) in [4.78, 5) is 26.7. The standard InChI is InChI=1S/C24H39N3O4/c1-5-15-27(16-6-2)21(28)19-9-11-20(12-10-19)26-23(29)25-14-8-13-24(4,7-3)22-30-17-18-31-22/h9-12,22H,5-8,13-18H2,1-4H3,(H2,25,26,29)/t24-/m0/s1. The Morgan fingerprint density at radius 1 is 1.06 bits per heavy atom. The van der Waals surface area contributed by atoms with Crippen LogP contribution in [-0.2, 0) is 9.47 Å². The quantitative estimate of drug-likeness (QED) is 0.471. The van der Waals surface area contributed by atoms with Crippen molar-refractivity contribution in [2.75, 3.05) is 38.2 Å². The second-order valence-corrected chi connectivity index (χ2v) is 8.44. The van der Waals surface area contributed by atoms with Crippen LogP contribution >= 0.6 is 0 Å². The van der Waals surface area contributed by atoms with Gasteiger partial charge in [0.25, 0.3) is 5.91 Å². The minimum Gasteiger partial charge on any atom is -0.350 e. The third kappa shape index (κ3) is 7.51. The average Bonchev–Trinajstić information content (AvgIpc) is 3.32. The van der Waals surface area contributed by atoms with E-state index in [-0.39, 0.29) is 23.6 Å². The third-order valence-electron chi connectivity index (χ3n) is 5.87. The molecule has 0 aromatic heterocycles. The summed E-state index contributed by atoms with van der Waals surface area (Å²) in [6, 6.07) is 6.83. The van der Waals surface area contributed by atoms with E-state index in [4.69, 9.17) is 9.47 Å². The smallest absolute Gasteiger partial charge is 0.319 e. The Bertz CT molecular complexity index is 683. The van der Waals surface area contributed by atoms with E-state index in [9.17, 15) is 9.59 Å². The summed E-state index contributed by atoms with van der Waals surface area (Å²) in [5, 5.41) is 5.73. The Morgan fingerprint density at radius 3 is 2.23 bits per heavy atom. The number of rotatable bonds is 12. The molecule has 174 valence electrons. The van der Waals surface area contributed by atoms with Gasteiger partial charge < -0.3 is 25.0 Å². The summed E-state index contributed by atoms with van der Waals surface area (Å²) in [7, 11) is 0. The zero-order valence-electron chi connectivity index (χ0n) is 19.5. The molecular weight excluding hydrogens is 394 g/mol. The van der Waals surface area contributed by atoms with Crippen molar-refractivity contribution < 1.29 is 19.1 Å². The second-order valence-electron chi connectivity index (χ2n) is 8.44. The summed E-state index contributed by atoms with van der Waals surface area (Å²) < 4.78 is 11.4. The van der Waals surface area contributed by atoms with Gasteiger partial charge in [-0.2, -0.15) is 0 Å². The lowest BCUT2D eigenvalue weighted by molar-refractivity contribution is -0.131. The van der Waals surface area contributed by atoms with E-state index in [0.29, 0.717) is 31.0 Å². The maximum Gasteiger partial charge on any atom is 0.319 e. The Kier molecular flexibility index (Phi) is 10.3. The van der Waals surface area contributed by atoms with E-state index in [1.807, 2.05) is 4.90 Å². The molecule has 1 aliphatic rings. The van der Waals surface area contributed by atoms with Gasteiger partial charge in [0.2, 0.25) is 0 Å². The van der Waals surface area contributed by atoms with E-state index < -0.39 is 0 Å². The number of benzene rings is 1. The zero-order chi connectivity index (χ0) is 22.7. The highest BCUT2D eigenvalue weighted by molar-refractivity contribution is 5.95. The maximum absolute atomic E-state index is 12.6. The highest BCUT2D eigenvalue weighted by Gasteiger charge is 2.36. The van der Waals surface area contributed by atoms with Crippen molar-refractivity contribution in [2.45, 2.75) is 66.1 Å². The van der Waals surface area contributed by atoms with Gasteiger partial charge in [-0.3, -0.25) is 4.79 Å². The third-order valence-corrected chi connectivity index (χ3v) is 5.87. The van der Waals surface area contributed by atoms with Gasteiger partial charge in [0, 0.05) is 36.3 Å². The van der Waals surface area contributed by atoms with Gasteiger partial charge in [0.15, 0.2) is 6.29 Å². The van der Waals surface area contributed by atoms with Gasteiger partial charge in [-0.1, -0.05) is 27.7 Å². The summed E-state index contributed by atoms with van der Waals surface area (Å²) in [6.45, 7) is 11.9. The van der Waals surface area contributed by atoms with E-state index in [1.165, 1.54) is 0 Å². The highest BCUT2D eigenvalue weighted by atomic mass is 16.7. The molecule has 0 spiro atoms. The number of ether oxygens (including phenoxy) is 2. The Morgan fingerprint density at radius 2 is 1.68 bits per heavy atom. The molecule has 1 fully saturated rings. The Balaban J connectivity index is 1.77. The number of hydrogen-bond donors (Lipinski definition) is 2. The van der Waals surface area contributed by atoms with Gasteiger partial charge in [-0.15, -0.1) is 0 Å². The molecule has 1 heterocycles. The molecule has 2 N–H and O–H groups in total. The largest absolute Gasteiger partial charge is 0.350 e. The van der Waals surface area contributed by atoms with Crippen molar-refractivity contribution in [2.24, 2.45) is 5.41 Å². The van der Waals surface area contributed by atoms with Gasteiger partial charge >= 0.3 is 6.03 Å². The summed E-state index contributed by atoms with van der Waals surface area (Å²) in [5.74, 6) is 0.0360. The van der Waals surface area contributed by atoms with Crippen LogP contribution in [0.25, 0.3) is 0 Å². The number of nitrogens with one attached hydrogen (secondary N) is 2. The molecule has 0 unspecified atom stereocenters. The van der Waals surface area contributed by atoms with Crippen LogP contribution in [0, 0.1) is 5.41 Å². The molecule has 1 aliphatic heterocycles. The van der Waals surface area contributed by atoms with Crippen LogP contribution in [0.3, 0.4) is 0 Å². The maximum atomic E-state index is 12.6. The van der Waals surface area contributed by atoms with Gasteiger partial charge in [-0.25, -0.2) is 4.79 Å². The topological polar surface area (TPSA) is 79.9 Å². The van der Waals surface area contributed by atoms with E-state index in [0.717, 1.165) is 45.2 Å². The molecule has 0 radical (unpaired) electrons. The minimum atomic E-state index is -0.246. The van der Waals surface area contributed by atoms with Crippen LogP contribution in [0.5, 0.6) is 0 Å². The molecule has 1 aromatic carbocycles. The molecule has 0 saturated carbocycles. The second kappa shape index (κ2) is 12.7. The average molecular weight is 434 g/mol. The number of anilines is 1. The van der Waals surface area contributed by atoms with Gasteiger partial charge in [-0.05, 0) is 56.4 Å². The van der Waals surface area contributed by atoms with Gasteiger partial charge in [0.05, 0.1) is 13.2 Å². The normalized spacial score (nSPS) is 16.0. The summed E-state index contributed by atoms with van der Waals surface area (Å²) >= 11 is 0. The molecule has 0 bridgehead atoms. The van der Waals surface area contributed by atoms with Crippen LogP contribution < -0.4 is 10.6 Å². The fourth-order valence-corrected chi connectivity index (χ4v) is 3.82. The van der Waals surface area contributed by atoms with Crippen LogP contribution in [-0.4, -0.2) is 56.0 Å². The number of hydrogen-bond acceptors (Lipinski definition) is 4. The molecule has 3 amide bonds. The molecule has 1 saturated heterocycles. The molecular formula is C24H39N3O4.